The molecule has 1 fully saturated rings. The van der Waals surface area contributed by atoms with Crippen LogP contribution in [0, 0.1) is 0 Å². The zero-order valence-electron chi connectivity index (χ0n) is 7.62. The Morgan fingerprint density at radius 2 is 2.36 bits per heavy atom. The fraction of sp³-hybridized carbons (Fsp3) is 0.500. The summed E-state index contributed by atoms with van der Waals surface area (Å²) in [5.41, 5.74) is 0. The molecule has 0 amide bonds. The maximum atomic E-state index is 10.5. The van der Waals surface area contributed by atoms with Crippen molar-refractivity contribution < 1.29 is 9.90 Å². The fourth-order valence-electron chi connectivity index (χ4n) is 1.62. The molecule has 0 saturated heterocycles. The van der Waals surface area contributed by atoms with Gasteiger partial charge in [-0.05, 0) is 24.8 Å². The molecule has 1 aliphatic rings. The predicted molar refractivity (Wildman–Crippen MR) is 57.3 cm³/mol. The Bertz CT molecular complexity index is 355. The largest absolute Gasteiger partial charge is 0.481 e. The van der Waals surface area contributed by atoms with Crippen LogP contribution in [0.2, 0.25) is 5.02 Å². The average Bonchev–Trinajstić information content (AvgIpc) is 2.27. The van der Waals surface area contributed by atoms with E-state index in [0.29, 0.717) is 5.92 Å². The highest BCUT2D eigenvalue weighted by molar-refractivity contribution is 7.12. The molecule has 0 radical (unpaired) electrons. The van der Waals surface area contributed by atoms with Crippen LogP contribution in [0.5, 0.6) is 0 Å². The van der Waals surface area contributed by atoms with Crippen molar-refractivity contribution in [2.75, 3.05) is 0 Å². The van der Waals surface area contributed by atoms with Gasteiger partial charge in [0.1, 0.15) is 0 Å². The lowest BCUT2D eigenvalue weighted by Crippen LogP contribution is -2.06. The number of carboxylic acid groups (broad SMARTS) is 1. The van der Waals surface area contributed by atoms with E-state index in [-0.39, 0.29) is 6.42 Å². The number of carboxylic acids is 1. The molecule has 1 aliphatic carbocycles. The number of carbonyl (C=O) groups is 1. The Labute approximate surface area is 91.5 Å². The zero-order valence-corrected chi connectivity index (χ0v) is 9.20. The molecule has 1 saturated carbocycles. The van der Waals surface area contributed by atoms with E-state index in [9.17, 15) is 4.79 Å². The van der Waals surface area contributed by atoms with Crippen molar-refractivity contribution in [3.63, 3.8) is 0 Å². The van der Waals surface area contributed by atoms with E-state index in [1.807, 2.05) is 0 Å². The minimum Gasteiger partial charge on any atom is -0.481 e. The normalized spacial score (nSPS) is 16.6. The molecule has 0 spiro atoms. The molecule has 0 atom stereocenters. The molecule has 0 aromatic carbocycles. The van der Waals surface area contributed by atoms with Crippen molar-refractivity contribution >= 4 is 28.9 Å². The van der Waals surface area contributed by atoms with Gasteiger partial charge in [0.05, 0.1) is 11.4 Å². The van der Waals surface area contributed by atoms with Crippen molar-refractivity contribution in [2.45, 2.75) is 31.6 Å². The van der Waals surface area contributed by atoms with Gasteiger partial charge in [-0.2, -0.15) is 0 Å². The number of aliphatic carboxylic acids is 1. The van der Waals surface area contributed by atoms with Crippen LogP contribution in [-0.2, 0) is 11.2 Å². The lowest BCUT2D eigenvalue weighted by molar-refractivity contribution is -0.136. The minimum absolute atomic E-state index is 0.0944. The van der Waals surface area contributed by atoms with Gasteiger partial charge in [-0.3, -0.25) is 4.79 Å². The topological polar surface area (TPSA) is 37.3 Å². The highest BCUT2D eigenvalue weighted by Crippen LogP contribution is 2.43. The summed E-state index contributed by atoms with van der Waals surface area (Å²) in [5.74, 6) is -0.196. The molecule has 1 heterocycles. The first-order valence-corrected chi connectivity index (χ1v) is 5.86. The summed E-state index contributed by atoms with van der Waals surface area (Å²) in [6.45, 7) is 0. The van der Waals surface area contributed by atoms with Crippen LogP contribution in [-0.4, -0.2) is 11.1 Å². The van der Waals surface area contributed by atoms with Crippen LogP contribution in [0.1, 0.15) is 34.9 Å². The van der Waals surface area contributed by atoms with Gasteiger partial charge in [-0.15, -0.1) is 11.3 Å². The monoisotopic (exact) mass is 230 g/mol. The highest BCUT2D eigenvalue weighted by atomic mass is 35.5. The number of rotatable bonds is 3. The quantitative estimate of drug-likeness (QED) is 0.865. The van der Waals surface area contributed by atoms with Crippen LogP contribution in [0.15, 0.2) is 6.07 Å². The van der Waals surface area contributed by atoms with E-state index >= 15 is 0 Å². The Balaban J connectivity index is 2.16. The molecule has 0 unspecified atom stereocenters. The minimum atomic E-state index is -0.789. The molecule has 1 aromatic heterocycles. The van der Waals surface area contributed by atoms with E-state index in [1.165, 1.54) is 24.1 Å². The van der Waals surface area contributed by atoms with Crippen molar-refractivity contribution in [2.24, 2.45) is 0 Å². The summed E-state index contributed by atoms with van der Waals surface area (Å²) in [4.78, 5) is 12.6. The molecule has 0 aliphatic heterocycles. The van der Waals surface area contributed by atoms with Gasteiger partial charge in [0, 0.05) is 9.75 Å². The molecule has 2 rings (SSSR count). The van der Waals surface area contributed by atoms with Gasteiger partial charge in [0.15, 0.2) is 0 Å². The standard InChI is InChI=1S/C10H11ClO2S/c11-8-4-7(5-9(12)13)14-10(8)6-2-1-3-6/h4,6H,1-3,5H2,(H,12,13). The molecule has 0 bridgehead atoms. The lowest BCUT2D eigenvalue weighted by Gasteiger charge is -2.24. The Morgan fingerprint density at radius 1 is 1.64 bits per heavy atom. The molecule has 1 N–H and O–H groups in total. The molecular weight excluding hydrogens is 220 g/mol. The van der Waals surface area contributed by atoms with Gasteiger partial charge in [0.2, 0.25) is 0 Å². The second-order valence-electron chi connectivity index (χ2n) is 3.62. The second kappa shape index (κ2) is 3.91. The van der Waals surface area contributed by atoms with Crippen LogP contribution in [0.4, 0.5) is 0 Å². The summed E-state index contributed by atoms with van der Waals surface area (Å²) < 4.78 is 0. The maximum Gasteiger partial charge on any atom is 0.308 e. The molecule has 14 heavy (non-hydrogen) atoms. The third-order valence-corrected chi connectivity index (χ3v) is 4.29. The van der Waals surface area contributed by atoms with Crippen LogP contribution >= 0.6 is 22.9 Å². The van der Waals surface area contributed by atoms with Crippen molar-refractivity contribution in [3.8, 4) is 0 Å². The van der Waals surface area contributed by atoms with Crippen LogP contribution < -0.4 is 0 Å². The third kappa shape index (κ3) is 1.93. The molecule has 1 aromatic rings. The molecular formula is C10H11ClO2S. The van der Waals surface area contributed by atoms with E-state index in [4.69, 9.17) is 16.7 Å². The van der Waals surface area contributed by atoms with Gasteiger partial charge in [-0.1, -0.05) is 18.0 Å². The van der Waals surface area contributed by atoms with Gasteiger partial charge >= 0.3 is 5.97 Å². The van der Waals surface area contributed by atoms with Gasteiger partial charge in [0.25, 0.3) is 0 Å². The average molecular weight is 231 g/mol. The summed E-state index contributed by atoms with van der Waals surface area (Å²) in [7, 11) is 0. The van der Waals surface area contributed by atoms with E-state index in [2.05, 4.69) is 0 Å². The smallest absolute Gasteiger partial charge is 0.308 e. The molecule has 2 nitrogen and oxygen atoms in total. The first kappa shape index (κ1) is 9.99. The number of hydrogen-bond acceptors (Lipinski definition) is 2. The summed E-state index contributed by atoms with van der Waals surface area (Å²) in [6.07, 6.45) is 3.77. The van der Waals surface area contributed by atoms with Gasteiger partial charge in [-0.25, -0.2) is 0 Å². The number of thiophene rings is 1. The van der Waals surface area contributed by atoms with Crippen molar-refractivity contribution in [3.05, 3.63) is 20.8 Å². The maximum absolute atomic E-state index is 10.5. The Morgan fingerprint density at radius 3 is 2.86 bits per heavy atom. The Hall–Kier alpha value is -0.540. The summed E-state index contributed by atoms with van der Waals surface area (Å²) in [5, 5.41) is 9.40. The van der Waals surface area contributed by atoms with Crippen LogP contribution in [0.3, 0.4) is 0 Å². The molecule has 76 valence electrons. The first-order chi connectivity index (χ1) is 6.66. The van der Waals surface area contributed by atoms with E-state index in [1.54, 1.807) is 17.4 Å². The lowest BCUT2D eigenvalue weighted by atomic mass is 9.84. The zero-order chi connectivity index (χ0) is 10.1. The summed E-state index contributed by atoms with van der Waals surface area (Å²) >= 11 is 7.61. The SMILES string of the molecule is O=C(O)Cc1cc(Cl)c(C2CCC2)s1. The Kier molecular flexibility index (Phi) is 2.79. The highest BCUT2D eigenvalue weighted by Gasteiger charge is 2.24. The third-order valence-electron chi connectivity index (χ3n) is 2.57. The molecule has 4 heteroatoms. The van der Waals surface area contributed by atoms with E-state index < -0.39 is 5.97 Å². The van der Waals surface area contributed by atoms with E-state index in [0.717, 1.165) is 9.90 Å². The second-order valence-corrected chi connectivity index (χ2v) is 5.20. The number of halogens is 1. The van der Waals surface area contributed by atoms with Crippen molar-refractivity contribution in [1.82, 2.24) is 0 Å². The van der Waals surface area contributed by atoms with Gasteiger partial charge < -0.3 is 5.11 Å². The predicted octanol–water partition coefficient (Wildman–Crippen LogP) is 3.30. The fourth-order valence-corrected chi connectivity index (χ4v) is 3.30. The summed E-state index contributed by atoms with van der Waals surface area (Å²) in [6, 6.07) is 1.80. The van der Waals surface area contributed by atoms with Crippen LogP contribution in [0.25, 0.3) is 0 Å². The number of hydrogen-bond donors (Lipinski definition) is 1. The van der Waals surface area contributed by atoms with Crippen molar-refractivity contribution in [1.29, 1.82) is 0 Å². The first-order valence-electron chi connectivity index (χ1n) is 4.66.